The maximum absolute atomic E-state index is 14.1. The first-order valence-corrected chi connectivity index (χ1v) is 7.02. The summed E-state index contributed by atoms with van der Waals surface area (Å²) in [5, 5.41) is 19.9. The standard InChI is InChI=1S/C12H15BrFN3O3/c13-10-11(15)9(17(19)20)5-8(14)12(10)16-3-1-7(6-18)2-4-16/h5,7,18H,1-4,6,15H2. The molecule has 1 aliphatic rings. The molecule has 20 heavy (non-hydrogen) atoms. The zero-order valence-corrected chi connectivity index (χ0v) is 12.3. The van der Waals surface area contributed by atoms with Gasteiger partial charge in [0.05, 0.1) is 21.1 Å². The fourth-order valence-electron chi connectivity index (χ4n) is 2.39. The van der Waals surface area contributed by atoms with E-state index in [0.29, 0.717) is 13.1 Å². The smallest absolute Gasteiger partial charge is 0.296 e. The highest BCUT2D eigenvalue weighted by atomic mass is 79.9. The molecule has 0 aromatic heterocycles. The average Bonchev–Trinajstić information content (AvgIpc) is 2.43. The van der Waals surface area contributed by atoms with E-state index in [2.05, 4.69) is 15.9 Å². The molecular weight excluding hydrogens is 333 g/mol. The van der Waals surface area contributed by atoms with E-state index in [1.807, 2.05) is 0 Å². The molecule has 0 spiro atoms. The van der Waals surface area contributed by atoms with Crippen LogP contribution in [0.15, 0.2) is 10.5 Å². The minimum atomic E-state index is -0.703. The van der Waals surface area contributed by atoms with Gasteiger partial charge < -0.3 is 15.7 Å². The molecule has 0 radical (unpaired) electrons. The maximum Gasteiger partial charge on any atom is 0.296 e. The third-order valence-corrected chi connectivity index (χ3v) is 4.40. The molecule has 1 aliphatic heterocycles. The van der Waals surface area contributed by atoms with E-state index in [1.165, 1.54) is 0 Å². The second-order valence-electron chi connectivity index (χ2n) is 4.82. The van der Waals surface area contributed by atoms with Crippen LogP contribution in [0.4, 0.5) is 21.5 Å². The molecule has 6 nitrogen and oxygen atoms in total. The van der Waals surface area contributed by atoms with Crippen LogP contribution in [0.25, 0.3) is 0 Å². The minimum Gasteiger partial charge on any atom is -0.396 e. The van der Waals surface area contributed by atoms with E-state index in [1.54, 1.807) is 4.90 Å². The van der Waals surface area contributed by atoms with Crippen molar-refractivity contribution in [3.63, 3.8) is 0 Å². The van der Waals surface area contributed by atoms with Crippen molar-refractivity contribution in [3.05, 3.63) is 26.5 Å². The Labute approximate surface area is 123 Å². The van der Waals surface area contributed by atoms with Crippen LogP contribution in [0, 0.1) is 21.8 Å². The van der Waals surface area contributed by atoms with Crippen molar-refractivity contribution in [1.82, 2.24) is 0 Å². The molecule has 1 aromatic carbocycles. The fraction of sp³-hybridized carbons (Fsp3) is 0.500. The number of nitro benzene ring substituents is 1. The number of nitrogens with zero attached hydrogens (tertiary/aromatic N) is 2. The minimum absolute atomic E-state index is 0.0734. The quantitative estimate of drug-likeness (QED) is 0.497. The highest BCUT2D eigenvalue weighted by Crippen LogP contribution is 2.41. The largest absolute Gasteiger partial charge is 0.396 e. The third kappa shape index (κ3) is 2.71. The van der Waals surface area contributed by atoms with Crippen molar-refractivity contribution in [2.75, 3.05) is 30.3 Å². The molecule has 1 fully saturated rings. The number of halogens is 2. The lowest BCUT2D eigenvalue weighted by molar-refractivity contribution is -0.384. The van der Waals surface area contributed by atoms with E-state index >= 15 is 0 Å². The number of aliphatic hydroxyl groups excluding tert-OH is 1. The van der Waals surface area contributed by atoms with Gasteiger partial charge in [-0.2, -0.15) is 0 Å². The van der Waals surface area contributed by atoms with Crippen LogP contribution in [0.5, 0.6) is 0 Å². The zero-order chi connectivity index (χ0) is 14.9. The first-order chi connectivity index (χ1) is 9.45. The Morgan fingerprint density at radius 3 is 2.65 bits per heavy atom. The predicted molar refractivity (Wildman–Crippen MR) is 77.2 cm³/mol. The van der Waals surface area contributed by atoms with Crippen LogP contribution in [0.3, 0.4) is 0 Å². The van der Waals surface area contributed by atoms with Gasteiger partial charge in [-0.25, -0.2) is 4.39 Å². The topological polar surface area (TPSA) is 92.6 Å². The van der Waals surface area contributed by atoms with Crippen molar-refractivity contribution in [2.24, 2.45) is 5.92 Å². The van der Waals surface area contributed by atoms with Crippen molar-refractivity contribution >= 4 is 33.0 Å². The van der Waals surface area contributed by atoms with Gasteiger partial charge in [0.2, 0.25) is 0 Å². The highest BCUT2D eigenvalue weighted by Gasteiger charge is 2.27. The number of piperidine rings is 1. The summed E-state index contributed by atoms with van der Waals surface area (Å²) in [7, 11) is 0. The normalized spacial score (nSPS) is 16.4. The summed E-state index contributed by atoms with van der Waals surface area (Å²) in [6.07, 6.45) is 1.50. The Kier molecular flexibility index (Phi) is 4.44. The number of nitro groups is 1. The number of benzene rings is 1. The van der Waals surface area contributed by atoms with Gasteiger partial charge in [0.25, 0.3) is 5.69 Å². The SMILES string of the molecule is Nc1c([N+](=O)[O-])cc(F)c(N2CCC(CO)CC2)c1Br. The molecule has 0 unspecified atom stereocenters. The monoisotopic (exact) mass is 347 g/mol. The van der Waals surface area contributed by atoms with Crippen LogP contribution in [-0.2, 0) is 0 Å². The fourth-order valence-corrected chi connectivity index (χ4v) is 3.03. The van der Waals surface area contributed by atoms with Crippen LogP contribution >= 0.6 is 15.9 Å². The summed E-state index contributed by atoms with van der Waals surface area (Å²) in [5.41, 5.74) is 5.43. The molecular formula is C12H15BrFN3O3. The Balaban J connectivity index is 2.34. The third-order valence-electron chi connectivity index (χ3n) is 3.60. The number of hydrogen-bond acceptors (Lipinski definition) is 5. The lowest BCUT2D eigenvalue weighted by Crippen LogP contribution is -2.35. The molecule has 1 aromatic rings. The number of nitrogen functional groups attached to an aromatic ring is 1. The van der Waals surface area contributed by atoms with Gasteiger partial charge in [0, 0.05) is 19.7 Å². The van der Waals surface area contributed by atoms with Gasteiger partial charge in [0.15, 0.2) is 5.82 Å². The Bertz CT molecular complexity index is 533. The molecule has 3 N–H and O–H groups in total. The molecule has 0 aliphatic carbocycles. The van der Waals surface area contributed by atoms with E-state index in [-0.39, 0.29) is 28.4 Å². The second-order valence-corrected chi connectivity index (χ2v) is 5.62. The Hall–Kier alpha value is -1.41. The van der Waals surface area contributed by atoms with Gasteiger partial charge >= 0.3 is 0 Å². The molecule has 0 amide bonds. The van der Waals surface area contributed by atoms with E-state index in [0.717, 1.165) is 18.9 Å². The molecule has 2 rings (SSSR count). The van der Waals surface area contributed by atoms with Crippen LogP contribution in [0.1, 0.15) is 12.8 Å². The van der Waals surface area contributed by atoms with Gasteiger partial charge in [-0.3, -0.25) is 10.1 Å². The van der Waals surface area contributed by atoms with Gasteiger partial charge in [-0.05, 0) is 34.7 Å². The first kappa shape index (κ1) is 15.0. The first-order valence-electron chi connectivity index (χ1n) is 6.23. The zero-order valence-electron chi connectivity index (χ0n) is 10.7. The van der Waals surface area contributed by atoms with Gasteiger partial charge in [0.1, 0.15) is 5.69 Å². The number of rotatable bonds is 3. The molecule has 0 atom stereocenters. The lowest BCUT2D eigenvalue weighted by atomic mass is 9.97. The van der Waals surface area contributed by atoms with Crippen molar-refractivity contribution < 1.29 is 14.4 Å². The summed E-state index contributed by atoms with van der Waals surface area (Å²) in [6.45, 7) is 1.29. The summed E-state index contributed by atoms with van der Waals surface area (Å²) < 4.78 is 14.3. The van der Waals surface area contributed by atoms with Crippen molar-refractivity contribution in [2.45, 2.75) is 12.8 Å². The molecule has 8 heteroatoms. The van der Waals surface area contributed by atoms with Crippen molar-refractivity contribution in [1.29, 1.82) is 0 Å². The number of nitrogens with two attached hydrogens (primary N) is 1. The molecule has 110 valence electrons. The number of aliphatic hydroxyl groups is 1. The highest BCUT2D eigenvalue weighted by molar-refractivity contribution is 9.10. The molecule has 0 saturated carbocycles. The lowest BCUT2D eigenvalue weighted by Gasteiger charge is -2.33. The predicted octanol–water partition coefficient (Wildman–Crippen LogP) is 2.29. The van der Waals surface area contributed by atoms with Gasteiger partial charge in [-0.1, -0.05) is 0 Å². The Morgan fingerprint density at radius 2 is 2.15 bits per heavy atom. The van der Waals surface area contributed by atoms with Crippen LogP contribution in [-0.4, -0.2) is 29.7 Å². The summed E-state index contributed by atoms with van der Waals surface area (Å²) in [4.78, 5) is 11.9. The number of hydrogen-bond donors (Lipinski definition) is 2. The number of anilines is 2. The molecule has 0 bridgehead atoms. The van der Waals surface area contributed by atoms with E-state index < -0.39 is 16.4 Å². The molecule has 1 saturated heterocycles. The van der Waals surface area contributed by atoms with Crippen molar-refractivity contribution in [3.8, 4) is 0 Å². The summed E-state index contributed by atoms with van der Waals surface area (Å²) in [5.74, 6) is -0.441. The average molecular weight is 348 g/mol. The maximum atomic E-state index is 14.1. The van der Waals surface area contributed by atoms with Crippen LogP contribution in [0.2, 0.25) is 0 Å². The van der Waals surface area contributed by atoms with Crippen LogP contribution < -0.4 is 10.6 Å². The molecule has 1 heterocycles. The summed E-state index contributed by atoms with van der Waals surface area (Å²) in [6, 6.07) is 0.855. The second kappa shape index (κ2) is 5.92. The van der Waals surface area contributed by atoms with E-state index in [9.17, 15) is 14.5 Å². The van der Waals surface area contributed by atoms with Gasteiger partial charge in [-0.15, -0.1) is 0 Å². The Morgan fingerprint density at radius 1 is 1.55 bits per heavy atom. The van der Waals surface area contributed by atoms with E-state index in [4.69, 9.17) is 10.8 Å². The summed E-state index contributed by atoms with van der Waals surface area (Å²) >= 11 is 3.16.